The maximum atomic E-state index is 11.7. The summed E-state index contributed by atoms with van der Waals surface area (Å²) in [4.78, 5) is 11.7. The monoisotopic (exact) mass is 358 g/mol. The highest BCUT2D eigenvalue weighted by atomic mass is 16.5. The van der Waals surface area contributed by atoms with Gasteiger partial charge in [0, 0.05) is 19.5 Å². The van der Waals surface area contributed by atoms with Crippen molar-refractivity contribution < 1.29 is 14.3 Å². The van der Waals surface area contributed by atoms with Crippen LogP contribution in [0.25, 0.3) is 0 Å². The van der Waals surface area contributed by atoms with E-state index in [2.05, 4.69) is 12.2 Å². The number of carbonyl (C=O) groups excluding carboxylic acids is 1. The van der Waals surface area contributed by atoms with Gasteiger partial charge in [0.2, 0.25) is 5.91 Å². The Labute approximate surface area is 155 Å². The van der Waals surface area contributed by atoms with Gasteiger partial charge >= 0.3 is 0 Å². The molecule has 0 aliphatic rings. The molecule has 0 unspecified atom stereocenters. The fraction of sp³-hybridized carbons (Fsp3) is 0.950. The first-order chi connectivity index (χ1) is 12.3. The number of rotatable bonds is 20. The van der Waals surface area contributed by atoms with Crippen molar-refractivity contribution in [2.45, 2.75) is 84.0 Å². The molecule has 0 fully saturated rings. The SMILES string of the molecule is CCCCCCCCCCCCCC(=O)NCCOCCOCCN. The lowest BCUT2D eigenvalue weighted by Crippen LogP contribution is -2.27. The van der Waals surface area contributed by atoms with E-state index in [1.165, 1.54) is 57.8 Å². The van der Waals surface area contributed by atoms with Crippen molar-refractivity contribution in [2.75, 3.05) is 39.5 Å². The molecule has 0 radical (unpaired) electrons. The number of carbonyl (C=O) groups is 1. The number of hydrogen-bond donors (Lipinski definition) is 2. The maximum Gasteiger partial charge on any atom is 0.220 e. The lowest BCUT2D eigenvalue weighted by molar-refractivity contribution is -0.121. The fourth-order valence-electron chi connectivity index (χ4n) is 2.71. The molecular formula is C20H42N2O3. The van der Waals surface area contributed by atoms with E-state index in [-0.39, 0.29) is 5.91 Å². The quantitative estimate of drug-likeness (QED) is 0.325. The number of hydrogen-bond acceptors (Lipinski definition) is 4. The van der Waals surface area contributed by atoms with Gasteiger partial charge in [-0.05, 0) is 6.42 Å². The van der Waals surface area contributed by atoms with Crippen LogP contribution in [0.2, 0.25) is 0 Å². The van der Waals surface area contributed by atoms with Gasteiger partial charge in [0.1, 0.15) is 0 Å². The van der Waals surface area contributed by atoms with Crippen molar-refractivity contribution in [3.8, 4) is 0 Å². The van der Waals surface area contributed by atoms with E-state index < -0.39 is 0 Å². The van der Waals surface area contributed by atoms with Crippen LogP contribution in [-0.4, -0.2) is 45.4 Å². The first-order valence-electron chi connectivity index (χ1n) is 10.4. The molecule has 0 atom stereocenters. The summed E-state index contributed by atoms with van der Waals surface area (Å²) in [7, 11) is 0. The van der Waals surface area contributed by atoms with Gasteiger partial charge in [-0.2, -0.15) is 0 Å². The van der Waals surface area contributed by atoms with Crippen LogP contribution < -0.4 is 11.1 Å². The Kier molecular flexibility index (Phi) is 20.8. The van der Waals surface area contributed by atoms with Gasteiger partial charge in [-0.3, -0.25) is 4.79 Å². The lowest BCUT2D eigenvalue weighted by Gasteiger charge is -2.07. The van der Waals surface area contributed by atoms with Gasteiger partial charge in [-0.1, -0.05) is 71.1 Å². The molecule has 0 saturated heterocycles. The van der Waals surface area contributed by atoms with Crippen LogP contribution in [0.5, 0.6) is 0 Å². The summed E-state index contributed by atoms with van der Waals surface area (Å²) in [5.41, 5.74) is 5.31. The lowest BCUT2D eigenvalue weighted by atomic mass is 10.1. The van der Waals surface area contributed by atoms with Crippen molar-refractivity contribution in [1.82, 2.24) is 5.32 Å². The van der Waals surface area contributed by atoms with Crippen LogP contribution in [0.1, 0.15) is 84.0 Å². The molecule has 0 aromatic rings. The van der Waals surface area contributed by atoms with E-state index in [1.807, 2.05) is 0 Å². The summed E-state index contributed by atoms with van der Waals surface area (Å²) in [6, 6.07) is 0. The van der Waals surface area contributed by atoms with Crippen LogP contribution in [0, 0.1) is 0 Å². The molecule has 3 N–H and O–H groups in total. The summed E-state index contributed by atoms with van der Waals surface area (Å²) in [6.07, 6.45) is 15.0. The molecule has 5 nitrogen and oxygen atoms in total. The van der Waals surface area contributed by atoms with Crippen molar-refractivity contribution >= 4 is 5.91 Å². The van der Waals surface area contributed by atoms with Crippen LogP contribution >= 0.6 is 0 Å². The molecule has 0 aliphatic carbocycles. The van der Waals surface area contributed by atoms with E-state index in [0.29, 0.717) is 45.9 Å². The van der Waals surface area contributed by atoms with Crippen molar-refractivity contribution in [1.29, 1.82) is 0 Å². The summed E-state index contributed by atoms with van der Waals surface area (Å²) >= 11 is 0. The number of amides is 1. The van der Waals surface area contributed by atoms with E-state index in [9.17, 15) is 4.79 Å². The second-order valence-corrected chi connectivity index (χ2v) is 6.65. The smallest absolute Gasteiger partial charge is 0.220 e. The standard InChI is InChI=1S/C20H42N2O3/c1-2-3-4-5-6-7-8-9-10-11-12-13-20(23)22-15-17-25-19-18-24-16-14-21/h2-19,21H2,1H3,(H,22,23). The molecule has 25 heavy (non-hydrogen) atoms. The Morgan fingerprint density at radius 1 is 0.760 bits per heavy atom. The average Bonchev–Trinajstić information content (AvgIpc) is 2.62. The highest BCUT2D eigenvalue weighted by molar-refractivity contribution is 5.75. The number of ether oxygens (including phenoxy) is 2. The molecular weight excluding hydrogens is 316 g/mol. The Hall–Kier alpha value is -0.650. The van der Waals surface area contributed by atoms with Gasteiger partial charge in [0.25, 0.3) is 0 Å². The summed E-state index contributed by atoms with van der Waals surface area (Å²) < 4.78 is 10.6. The second-order valence-electron chi connectivity index (χ2n) is 6.65. The second kappa shape index (κ2) is 21.4. The van der Waals surface area contributed by atoms with Gasteiger partial charge in [-0.25, -0.2) is 0 Å². The number of nitrogens with two attached hydrogens (primary N) is 1. The first kappa shape index (κ1) is 24.4. The molecule has 0 rings (SSSR count). The van der Waals surface area contributed by atoms with Crippen molar-refractivity contribution in [3.05, 3.63) is 0 Å². The van der Waals surface area contributed by atoms with Crippen molar-refractivity contribution in [3.63, 3.8) is 0 Å². The fourth-order valence-corrected chi connectivity index (χ4v) is 2.71. The Morgan fingerprint density at radius 2 is 1.28 bits per heavy atom. The number of nitrogens with one attached hydrogen (secondary N) is 1. The minimum absolute atomic E-state index is 0.138. The summed E-state index contributed by atoms with van der Waals surface area (Å²) in [5, 5.41) is 2.90. The highest BCUT2D eigenvalue weighted by Gasteiger charge is 2.00. The zero-order chi connectivity index (χ0) is 18.4. The Balaban J connectivity index is 3.13. The third-order valence-electron chi connectivity index (χ3n) is 4.21. The number of unbranched alkanes of at least 4 members (excludes halogenated alkanes) is 10. The van der Waals surface area contributed by atoms with E-state index >= 15 is 0 Å². The summed E-state index contributed by atoms with van der Waals surface area (Å²) in [5.74, 6) is 0.138. The molecule has 0 aromatic heterocycles. The Bertz CT molecular complexity index is 276. The molecule has 0 aromatic carbocycles. The van der Waals surface area contributed by atoms with Gasteiger partial charge < -0.3 is 20.5 Å². The predicted molar refractivity (Wildman–Crippen MR) is 105 cm³/mol. The van der Waals surface area contributed by atoms with E-state index in [1.54, 1.807) is 0 Å². The minimum Gasteiger partial charge on any atom is -0.378 e. The minimum atomic E-state index is 0.138. The average molecular weight is 359 g/mol. The van der Waals surface area contributed by atoms with Gasteiger partial charge in [-0.15, -0.1) is 0 Å². The molecule has 5 heteroatoms. The van der Waals surface area contributed by atoms with E-state index in [0.717, 1.165) is 12.8 Å². The molecule has 150 valence electrons. The zero-order valence-electron chi connectivity index (χ0n) is 16.5. The molecule has 0 heterocycles. The normalized spacial score (nSPS) is 11.0. The topological polar surface area (TPSA) is 73.6 Å². The highest BCUT2D eigenvalue weighted by Crippen LogP contribution is 2.11. The van der Waals surface area contributed by atoms with Crippen molar-refractivity contribution in [2.24, 2.45) is 5.73 Å². The molecule has 1 amide bonds. The first-order valence-corrected chi connectivity index (χ1v) is 10.4. The molecule has 0 spiro atoms. The largest absolute Gasteiger partial charge is 0.378 e. The maximum absolute atomic E-state index is 11.7. The summed E-state index contributed by atoms with van der Waals surface area (Å²) in [6.45, 7) is 5.59. The zero-order valence-corrected chi connectivity index (χ0v) is 16.5. The van der Waals surface area contributed by atoms with Crippen LogP contribution in [0.15, 0.2) is 0 Å². The molecule has 0 aliphatic heterocycles. The van der Waals surface area contributed by atoms with Crippen LogP contribution in [-0.2, 0) is 14.3 Å². The van der Waals surface area contributed by atoms with Crippen LogP contribution in [0.4, 0.5) is 0 Å². The van der Waals surface area contributed by atoms with E-state index in [4.69, 9.17) is 15.2 Å². The van der Waals surface area contributed by atoms with Crippen LogP contribution in [0.3, 0.4) is 0 Å². The molecule has 0 saturated carbocycles. The Morgan fingerprint density at radius 3 is 1.84 bits per heavy atom. The van der Waals surface area contributed by atoms with Gasteiger partial charge in [0.15, 0.2) is 0 Å². The predicted octanol–water partition coefficient (Wildman–Crippen LogP) is 3.80. The van der Waals surface area contributed by atoms with Gasteiger partial charge in [0.05, 0.1) is 26.4 Å². The molecule has 0 bridgehead atoms. The third-order valence-corrected chi connectivity index (χ3v) is 4.21. The third kappa shape index (κ3) is 21.3.